The van der Waals surface area contributed by atoms with Crippen LogP contribution in [-0.4, -0.2) is 62.9 Å². The fourth-order valence-electron chi connectivity index (χ4n) is 7.02. The highest BCUT2D eigenvalue weighted by Gasteiger charge is 2.32. The summed E-state index contributed by atoms with van der Waals surface area (Å²) in [7, 11) is 2.06. The maximum absolute atomic E-state index is 15.5. The molecule has 8 nitrogen and oxygen atoms in total. The van der Waals surface area contributed by atoms with Gasteiger partial charge in [-0.05, 0) is 104 Å². The number of fused-ring (bicyclic) bond motifs is 1. The van der Waals surface area contributed by atoms with E-state index < -0.39 is 23.7 Å². The van der Waals surface area contributed by atoms with Gasteiger partial charge in [-0.15, -0.1) is 0 Å². The van der Waals surface area contributed by atoms with Gasteiger partial charge in [0.25, 0.3) is 5.91 Å². The number of carbonyl (C=O) groups is 2. The summed E-state index contributed by atoms with van der Waals surface area (Å²) >= 11 is 13.8. The van der Waals surface area contributed by atoms with E-state index in [0.717, 1.165) is 74.0 Å². The molecule has 50 heavy (non-hydrogen) atoms. The molecule has 7 rings (SSSR count). The Morgan fingerprint density at radius 3 is 2.50 bits per heavy atom. The number of nitrogens with one attached hydrogen (secondary N) is 1. The van der Waals surface area contributed by atoms with Crippen molar-refractivity contribution in [3.63, 3.8) is 0 Å². The number of rotatable bonds is 9. The number of likely N-dealkylation sites (tertiary alicyclic amines) is 1. The summed E-state index contributed by atoms with van der Waals surface area (Å²) in [6, 6.07) is 13.7. The minimum atomic E-state index is -0.798. The van der Waals surface area contributed by atoms with Crippen molar-refractivity contribution in [2.24, 2.45) is 0 Å². The molecule has 4 heterocycles. The normalized spacial score (nSPS) is 18.5. The lowest BCUT2D eigenvalue weighted by Crippen LogP contribution is -2.44. The predicted octanol–water partition coefficient (Wildman–Crippen LogP) is 8.47. The summed E-state index contributed by atoms with van der Waals surface area (Å²) < 4.78 is 15.5. The first-order valence-corrected chi connectivity index (χ1v) is 17.8. The van der Waals surface area contributed by atoms with E-state index in [2.05, 4.69) is 27.2 Å². The average Bonchev–Trinajstić information content (AvgIpc) is 3.96. The number of likely N-dealkylation sites (N-methyl/N-ethyl adjacent to an activating group) is 1. The molecule has 0 unspecified atom stereocenters. The van der Waals surface area contributed by atoms with Gasteiger partial charge >= 0.3 is 5.97 Å². The van der Waals surface area contributed by atoms with Crippen molar-refractivity contribution in [3.8, 4) is 11.1 Å². The Labute approximate surface area is 300 Å². The van der Waals surface area contributed by atoms with Gasteiger partial charge in [-0.25, -0.2) is 4.39 Å². The van der Waals surface area contributed by atoms with Crippen LogP contribution in [0, 0.1) is 0 Å². The van der Waals surface area contributed by atoms with E-state index in [1.807, 2.05) is 17.0 Å². The highest BCUT2D eigenvalue weighted by atomic mass is 35.5. The second kappa shape index (κ2) is 14.6. The largest absolute Gasteiger partial charge is 0.480 e. The first-order valence-electron chi connectivity index (χ1n) is 17.0. The van der Waals surface area contributed by atoms with E-state index in [4.69, 9.17) is 23.2 Å². The lowest BCUT2D eigenvalue weighted by molar-refractivity contribution is -0.144. The third-order valence-electron chi connectivity index (χ3n) is 9.92. The van der Waals surface area contributed by atoms with Crippen LogP contribution in [0.5, 0.6) is 0 Å². The van der Waals surface area contributed by atoms with Crippen LogP contribution < -0.4 is 5.32 Å². The Morgan fingerprint density at radius 1 is 0.960 bits per heavy atom. The van der Waals surface area contributed by atoms with Crippen LogP contribution in [0.25, 0.3) is 23.0 Å². The zero-order valence-electron chi connectivity index (χ0n) is 27.8. The quantitative estimate of drug-likeness (QED) is 0.180. The van der Waals surface area contributed by atoms with Crippen molar-refractivity contribution in [2.45, 2.75) is 63.6 Å². The number of piperidine rings is 1. The lowest BCUT2D eigenvalue weighted by atomic mass is 9.99. The topological polar surface area (TPSA) is 98.7 Å². The minimum Gasteiger partial charge on any atom is -0.480 e. The van der Waals surface area contributed by atoms with Crippen molar-refractivity contribution < 1.29 is 19.1 Å². The first-order chi connectivity index (χ1) is 24.2. The molecule has 2 aromatic carbocycles. The molecular formula is C39H38Cl2FN5O3. The number of hydrogen-bond donors (Lipinski definition) is 2. The molecule has 1 aliphatic carbocycles. The number of aromatic nitrogens is 2. The number of carbonyl (C=O) groups excluding carboxylic acids is 1. The van der Waals surface area contributed by atoms with E-state index in [1.54, 1.807) is 48.8 Å². The number of nitrogens with zero attached hydrogens (tertiary/aromatic N) is 4. The summed E-state index contributed by atoms with van der Waals surface area (Å²) in [5.41, 5.74) is 6.77. The molecule has 4 aromatic rings. The van der Waals surface area contributed by atoms with E-state index in [0.29, 0.717) is 46.3 Å². The molecule has 1 saturated heterocycles. The molecule has 2 N–H and O–H groups in total. The number of carboxylic acid groups (broad SMARTS) is 1. The number of pyridine rings is 2. The standard InChI is InChI=1S/C39H38Cl2FN5O3/c1-46-15-13-24-17-33(43-19-26(24)21-46)31(42)16-25-6-4-7-28(36(25)40)29-8-5-9-32(37(29)41)45-38(48)34-18-30(23-11-12-23)27(20-44-34)22-47-14-3-2-10-35(47)39(49)50/h4-9,16-20,23,35H,2-3,10-15,21-22H2,1H3,(H,45,48)(H,49,50)/b31-16-/t35-/m0/s1. The summed E-state index contributed by atoms with van der Waals surface area (Å²) in [5, 5.41) is 13.3. The second-order valence-corrected chi connectivity index (χ2v) is 14.3. The Bertz CT molecular complexity index is 2000. The molecule has 0 bridgehead atoms. The highest BCUT2D eigenvalue weighted by Crippen LogP contribution is 2.43. The van der Waals surface area contributed by atoms with E-state index in [-0.39, 0.29) is 16.4 Å². The first kappa shape index (κ1) is 34.3. The molecule has 2 aromatic heterocycles. The molecule has 11 heteroatoms. The van der Waals surface area contributed by atoms with Crippen LogP contribution in [0.1, 0.15) is 82.0 Å². The van der Waals surface area contributed by atoms with Crippen molar-refractivity contribution in [2.75, 3.05) is 25.5 Å². The van der Waals surface area contributed by atoms with Gasteiger partial charge in [0.05, 0.1) is 21.4 Å². The van der Waals surface area contributed by atoms with E-state index in [9.17, 15) is 14.7 Å². The van der Waals surface area contributed by atoms with E-state index >= 15 is 4.39 Å². The number of anilines is 1. The fraction of sp³-hybridized carbons (Fsp3) is 0.333. The maximum Gasteiger partial charge on any atom is 0.320 e. The Morgan fingerprint density at radius 2 is 1.72 bits per heavy atom. The molecule has 2 fully saturated rings. The van der Waals surface area contributed by atoms with Gasteiger partial charge in [-0.2, -0.15) is 0 Å². The van der Waals surface area contributed by atoms with Crippen LogP contribution in [-0.2, 0) is 24.3 Å². The number of benzene rings is 2. The second-order valence-electron chi connectivity index (χ2n) is 13.5. The summed E-state index contributed by atoms with van der Waals surface area (Å²) in [6.45, 7) is 2.92. The zero-order valence-corrected chi connectivity index (χ0v) is 29.3. The maximum atomic E-state index is 15.5. The fourth-order valence-corrected chi connectivity index (χ4v) is 7.58. The van der Waals surface area contributed by atoms with Crippen LogP contribution >= 0.6 is 23.2 Å². The lowest BCUT2D eigenvalue weighted by Gasteiger charge is -2.33. The molecule has 1 saturated carbocycles. The van der Waals surface area contributed by atoms with Gasteiger partial charge in [0.15, 0.2) is 0 Å². The van der Waals surface area contributed by atoms with Crippen molar-refractivity contribution in [1.29, 1.82) is 0 Å². The molecule has 2 aliphatic heterocycles. The van der Waals surface area contributed by atoms with Gasteiger partial charge in [-0.1, -0.05) is 60.0 Å². The molecule has 0 spiro atoms. The SMILES string of the molecule is CN1CCc2cc(/C(F)=C/c3cccc(-c4cccc(NC(=O)c5cc(C6CC6)c(CN6CCCC[C@H]6C(=O)O)cn5)c4Cl)c3Cl)ncc2C1. The minimum absolute atomic E-state index is 0.258. The van der Waals surface area contributed by atoms with Crippen LogP contribution in [0.4, 0.5) is 10.1 Å². The van der Waals surface area contributed by atoms with Crippen molar-refractivity contribution in [1.82, 2.24) is 19.8 Å². The van der Waals surface area contributed by atoms with Gasteiger partial charge in [-0.3, -0.25) is 24.5 Å². The third-order valence-corrected chi connectivity index (χ3v) is 10.8. The Kier molecular flexibility index (Phi) is 10.0. The Balaban J connectivity index is 1.11. The number of aliphatic carboxylic acids is 1. The average molecular weight is 715 g/mol. The number of amides is 1. The van der Waals surface area contributed by atoms with Crippen molar-refractivity contribution >= 4 is 52.7 Å². The Hall–Kier alpha value is -4.15. The van der Waals surface area contributed by atoms with Gasteiger partial charge in [0, 0.05) is 43.2 Å². The van der Waals surface area contributed by atoms with Gasteiger partial charge < -0.3 is 15.3 Å². The third kappa shape index (κ3) is 7.32. The predicted molar refractivity (Wildman–Crippen MR) is 195 cm³/mol. The molecule has 1 atom stereocenters. The summed E-state index contributed by atoms with van der Waals surface area (Å²) in [4.78, 5) is 38.5. The van der Waals surface area contributed by atoms with Gasteiger partial charge in [0.2, 0.25) is 0 Å². The molecule has 3 aliphatic rings. The number of carboxylic acids is 1. The smallest absolute Gasteiger partial charge is 0.320 e. The van der Waals surface area contributed by atoms with E-state index in [1.165, 1.54) is 6.08 Å². The van der Waals surface area contributed by atoms with Crippen LogP contribution in [0.2, 0.25) is 10.0 Å². The molecule has 0 radical (unpaired) electrons. The molecule has 1 amide bonds. The monoisotopic (exact) mass is 713 g/mol. The number of hydrogen-bond acceptors (Lipinski definition) is 6. The molecular weight excluding hydrogens is 676 g/mol. The number of halogens is 3. The zero-order chi connectivity index (χ0) is 34.9. The summed E-state index contributed by atoms with van der Waals surface area (Å²) in [6.07, 6.45) is 10.2. The van der Waals surface area contributed by atoms with Crippen LogP contribution in [0.3, 0.4) is 0 Å². The van der Waals surface area contributed by atoms with Crippen LogP contribution in [0.15, 0.2) is 60.9 Å². The van der Waals surface area contributed by atoms with Crippen molar-refractivity contribution in [3.05, 3.63) is 110 Å². The van der Waals surface area contributed by atoms with Gasteiger partial charge in [0.1, 0.15) is 17.6 Å². The highest BCUT2D eigenvalue weighted by molar-refractivity contribution is 6.39. The summed E-state index contributed by atoms with van der Waals surface area (Å²) in [5.74, 6) is -1.36. The molecule has 258 valence electrons.